The lowest BCUT2D eigenvalue weighted by molar-refractivity contribution is -0.141. The largest absolute Gasteiger partial charge is 0.396 e. The summed E-state index contributed by atoms with van der Waals surface area (Å²) in [5, 5.41) is 9.12. The van der Waals surface area contributed by atoms with Crippen LogP contribution in [-0.4, -0.2) is 72.9 Å². The molecule has 2 aliphatic rings. The molecule has 0 aromatic heterocycles. The Morgan fingerprint density at radius 2 is 1.89 bits per heavy atom. The van der Waals surface area contributed by atoms with Crippen LogP contribution in [0.5, 0.6) is 0 Å². The zero-order valence-electron chi connectivity index (χ0n) is 11.2. The first kappa shape index (κ1) is 13.8. The van der Waals surface area contributed by atoms with E-state index in [4.69, 9.17) is 9.84 Å². The second-order valence-corrected chi connectivity index (χ2v) is 5.28. The fourth-order valence-electron chi connectivity index (χ4n) is 2.73. The lowest BCUT2D eigenvalue weighted by Gasteiger charge is -2.37. The Bertz CT molecular complexity index is 271. The summed E-state index contributed by atoms with van der Waals surface area (Å²) >= 11 is 0. The molecular weight excluding hydrogens is 232 g/mol. The molecule has 1 N–H and O–H groups in total. The molecule has 0 aliphatic carbocycles. The van der Waals surface area contributed by atoms with E-state index >= 15 is 0 Å². The quantitative estimate of drug-likeness (QED) is 0.768. The van der Waals surface area contributed by atoms with Crippen LogP contribution in [0, 0.1) is 5.92 Å². The van der Waals surface area contributed by atoms with Crippen molar-refractivity contribution < 1.29 is 14.6 Å². The second kappa shape index (κ2) is 6.50. The van der Waals surface area contributed by atoms with Gasteiger partial charge in [0.1, 0.15) is 0 Å². The van der Waals surface area contributed by atoms with Gasteiger partial charge in [-0.05, 0) is 38.8 Å². The maximum atomic E-state index is 12.3. The minimum absolute atomic E-state index is 0.0391. The van der Waals surface area contributed by atoms with Gasteiger partial charge in [0.25, 0.3) is 0 Å². The van der Waals surface area contributed by atoms with E-state index in [9.17, 15) is 4.79 Å². The minimum Gasteiger partial charge on any atom is -0.396 e. The number of amides is 1. The molecule has 104 valence electrons. The third-order valence-corrected chi connectivity index (χ3v) is 4.14. The predicted octanol–water partition coefficient (Wildman–Crippen LogP) is -0.0620. The Balaban J connectivity index is 1.83. The van der Waals surface area contributed by atoms with Crippen molar-refractivity contribution in [1.29, 1.82) is 0 Å². The molecule has 2 saturated heterocycles. The van der Waals surface area contributed by atoms with Gasteiger partial charge < -0.3 is 14.7 Å². The summed E-state index contributed by atoms with van der Waals surface area (Å²) in [6.45, 7) is 6.87. The predicted molar refractivity (Wildman–Crippen MR) is 68.2 cm³/mol. The Labute approximate surface area is 109 Å². The van der Waals surface area contributed by atoms with E-state index in [1.54, 1.807) is 0 Å². The lowest BCUT2D eigenvalue weighted by Crippen LogP contribution is -2.52. The third-order valence-electron chi connectivity index (χ3n) is 4.14. The van der Waals surface area contributed by atoms with Crippen LogP contribution >= 0.6 is 0 Å². The first-order chi connectivity index (χ1) is 8.72. The van der Waals surface area contributed by atoms with Crippen LogP contribution in [-0.2, 0) is 9.53 Å². The number of aliphatic hydroxyl groups excluding tert-OH is 1. The number of rotatable bonds is 3. The monoisotopic (exact) mass is 256 g/mol. The van der Waals surface area contributed by atoms with Gasteiger partial charge in [-0.2, -0.15) is 0 Å². The standard InChI is InChI=1S/C13H24N2O3/c1-11(13(17)15-6-8-18-9-7-15)14-4-2-12(10-16)3-5-14/h11-12,16H,2-10H2,1H3/t11-/m1/s1. The number of hydrogen-bond donors (Lipinski definition) is 1. The molecule has 0 saturated carbocycles. The van der Waals surface area contributed by atoms with Crippen molar-refractivity contribution >= 4 is 5.91 Å². The van der Waals surface area contributed by atoms with E-state index in [-0.39, 0.29) is 18.6 Å². The maximum Gasteiger partial charge on any atom is 0.239 e. The Hall–Kier alpha value is -0.650. The van der Waals surface area contributed by atoms with Crippen LogP contribution in [0.25, 0.3) is 0 Å². The van der Waals surface area contributed by atoms with Crippen LogP contribution in [0.3, 0.4) is 0 Å². The first-order valence-corrected chi connectivity index (χ1v) is 6.94. The Morgan fingerprint density at radius 3 is 2.44 bits per heavy atom. The molecule has 0 unspecified atom stereocenters. The van der Waals surface area contributed by atoms with Crippen LogP contribution in [0.1, 0.15) is 19.8 Å². The molecule has 0 spiro atoms. The summed E-state index contributed by atoms with van der Waals surface area (Å²) in [7, 11) is 0. The van der Waals surface area contributed by atoms with Crippen LogP contribution < -0.4 is 0 Å². The number of aliphatic hydroxyl groups is 1. The topological polar surface area (TPSA) is 53.0 Å². The fourth-order valence-corrected chi connectivity index (χ4v) is 2.73. The van der Waals surface area contributed by atoms with E-state index < -0.39 is 0 Å². The summed E-state index contributed by atoms with van der Waals surface area (Å²) in [6.07, 6.45) is 1.99. The average molecular weight is 256 g/mol. The number of likely N-dealkylation sites (tertiary alicyclic amines) is 1. The molecule has 5 nitrogen and oxygen atoms in total. The van der Waals surface area contributed by atoms with E-state index in [1.807, 2.05) is 11.8 Å². The average Bonchev–Trinajstić information content (AvgIpc) is 2.47. The highest BCUT2D eigenvalue weighted by Gasteiger charge is 2.29. The second-order valence-electron chi connectivity index (χ2n) is 5.28. The van der Waals surface area contributed by atoms with Crippen LogP contribution in [0.4, 0.5) is 0 Å². The minimum atomic E-state index is -0.0391. The molecule has 0 radical (unpaired) electrons. The molecule has 0 aromatic carbocycles. The van der Waals surface area contributed by atoms with Gasteiger partial charge in [-0.1, -0.05) is 0 Å². The van der Waals surface area contributed by atoms with Gasteiger partial charge >= 0.3 is 0 Å². The van der Waals surface area contributed by atoms with Crippen molar-refractivity contribution in [1.82, 2.24) is 9.80 Å². The van der Waals surface area contributed by atoms with E-state index in [1.165, 1.54) is 0 Å². The molecule has 2 aliphatic heterocycles. The fraction of sp³-hybridized carbons (Fsp3) is 0.923. The van der Waals surface area contributed by atoms with Crippen molar-refractivity contribution in [2.45, 2.75) is 25.8 Å². The van der Waals surface area contributed by atoms with Gasteiger partial charge in [0.15, 0.2) is 0 Å². The Kier molecular flexibility index (Phi) is 4.97. The summed E-state index contributed by atoms with van der Waals surface area (Å²) in [5.74, 6) is 0.646. The van der Waals surface area contributed by atoms with Crippen molar-refractivity contribution in [2.24, 2.45) is 5.92 Å². The van der Waals surface area contributed by atoms with Crippen molar-refractivity contribution in [2.75, 3.05) is 46.0 Å². The van der Waals surface area contributed by atoms with Gasteiger partial charge in [-0.3, -0.25) is 9.69 Å². The summed E-state index contributed by atoms with van der Waals surface area (Å²) in [5.41, 5.74) is 0. The summed E-state index contributed by atoms with van der Waals surface area (Å²) in [4.78, 5) is 16.5. The van der Waals surface area contributed by atoms with Crippen LogP contribution in [0.2, 0.25) is 0 Å². The molecule has 0 bridgehead atoms. The van der Waals surface area contributed by atoms with Gasteiger partial charge in [0.05, 0.1) is 19.3 Å². The normalized spacial score (nSPS) is 25.1. The molecule has 1 amide bonds. The maximum absolute atomic E-state index is 12.3. The van der Waals surface area contributed by atoms with E-state index in [2.05, 4.69) is 4.90 Å². The molecule has 5 heteroatoms. The molecular formula is C13H24N2O3. The number of piperidine rings is 1. The number of carbonyl (C=O) groups excluding carboxylic acids is 1. The Morgan fingerprint density at radius 1 is 1.28 bits per heavy atom. The van der Waals surface area contributed by atoms with Crippen LogP contribution in [0.15, 0.2) is 0 Å². The SMILES string of the molecule is C[C@H](C(=O)N1CCOCC1)N1CCC(CO)CC1. The van der Waals surface area contributed by atoms with E-state index in [0.717, 1.165) is 39.0 Å². The lowest BCUT2D eigenvalue weighted by atomic mass is 9.96. The van der Waals surface area contributed by atoms with E-state index in [0.29, 0.717) is 19.1 Å². The molecule has 2 heterocycles. The number of nitrogens with zero attached hydrogens (tertiary/aromatic N) is 2. The van der Waals surface area contributed by atoms with Crippen molar-refractivity contribution in [3.8, 4) is 0 Å². The molecule has 2 fully saturated rings. The summed E-state index contributed by atoms with van der Waals surface area (Å²) < 4.78 is 5.27. The van der Waals surface area contributed by atoms with Gasteiger partial charge in [0.2, 0.25) is 5.91 Å². The first-order valence-electron chi connectivity index (χ1n) is 6.94. The summed E-state index contributed by atoms with van der Waals surface area (Å²) in [6, 6.07) is -0.0391. The molecule has 2 rings (SSSR count). The van der Waals surface area contributed by atoms with Crippen molar-refractivity contribution in [3.05, 3.63) is 0 Å². The highest BCUT2D eigenvalue weighted by molar-refractivity contribution is 5.81. The highest BCUT2D eigenvalue weighted by Crippen LogP contribution is 2.19. The number of morpholine rings is 1. The smallest absolute Gasteiger partial charge is 0.239 e. The zero-order chi connectivity index (χ0) is 13.0. The molecule has 18 heavy (non-hydrogen) atoms. The number of carbonyl (C=O) groups is 1. The van der Waals surface area contributed by atoms with Gasteiger partial charge in [-0.15, -0.1) is 0 Å². The molecule has 1 atom stereocenters. The zero-order valence-corrected chi connectivity index (χ0v) is 11.2. The number of hydrogen-bond acceptors (Lipinski definition) is 4. The molecule has 0 aromatic rings. The van der Waals surface area contributed by atoms with Crippen molar-refractivity contribution in [3.63, 3.8) is 0 Å². The van der Waals surface area contributed by atoms with Gasteiger partial charge in [-0.25, -0.2) is 0 Å². The number of ether oxygens (including phenoxy) is 1. The van der Waals surface area contributed by atoms with Gasteiger partial charge in [0, 0.05) is 19.7 Å². The highest BCUT2D eigenvalue weighted by atomic mass is 16.5. The third kappa shape index (κ3) is 3.22.